The summed E-state index contributed by atoms with van der Waals surface area (Å²) in [6.45, 7) is 9.45. The van der Waals surface area contributed by atoms with Crippen LogP contribution in [0, 0.1) is 12.7 Å². The predicted octanol–water partition coefficient (Wildman–Crippen LogP) is 4.60. The molecule has 1 N–H and O–H groups in total. The molecule has 1 unspecified atom stereocenters. The molecular weight excluding hydrogens is 443 g/mol. The van der Waals surface area contributed by atoms with Crippen LogP contribution in [0.15, 0.2) is 59.4 Å². The Bertz CT molecular complexity index is 1460. The Kier molecular flexibility index (Phi) is 5.84. The molecule has 0 saturated carbocycles. The smallest absolute Gasteiger partial charge is 0.253 e. The van der Waals surface area contributed by atoms with E-state index >= 15 is 0 Å². The van der Waals surface area contributed by atoms with Crippen molar-refractivity contribution in [2.24, 2.45) is 0 Å². The van der Waals surface area contributed by atoms with Crippen molar-refractivity contribution >= 4 is 16.5 Å². The van der Waals surface area contributed by atoms with E-state index in [2.05, 4.69) is 31.5 Å². The first-order valence-corrected chi connectivity index (χ1v) is 11.8. The van der Waals surface area contributed by atoms with Crippen LogP contribution in [0.1, 0.15) is 55.7 Å². The first-order chi connectivity index (χ1) is 16.7. The van der Waals surface area contributed by atoms with Crippen LogP contribution >= 0.6 is 0 Å². The third-order valence-corrected chi connectivity index (χ3v) is 6.52. The van der Waals surface area contributed by atoms with Gasteiger partial charge in [-0.25, -0.2) is 9.07 Å². The molecule has 2 aromatic heterocycles. The zero-order chi connectivity index (χ0) is 24.7. The zero-order valence-corrected chi connectivity index (χ0v) is 20.4. The number of pyridine rings is 1. The van der Waals surface area contributed by atoms with Gasteiger partial charge >= 0.3 is 0 Å². The highest BCUT2D eigenvalue weighted by molar-refractivity contribution is 5.79. The van der Waals surface area contributed by atoms with E-state index < -0.39 is 6.04 Å². The van der Waals surface area contributed by atoms with Gasteiger partial charge in [-0.05, 0) is 90.9 Å². The number of hydrogen-bond acceptors (Lipinski definition) is 5. The van der Waals surface area contributed by atoms with Gasteiger partial charge in [0.1, 0.15) is 11.9 Å². The van der Waals surface area contributed by atoms with Crippen molar-refractivity contribution in [3.63, 3.8) is 0 Å². The standard InChI is InChI=1S/C27H29FN6O/c1-17-5-6-20-16-22(26(35)29-23(20)15-17)24(25-30-31-32-34(25)27(2,3)4)33-13-11-19(12-14-33)18-7-9-21(28)10-8-18/h5-11,15-16,24H,12-14H2,1-4H3,(H,29,35). The Morgan fingerprint density at radius 2 is 1.86 bits per heavy atom. The fourth-order valence-corrected chi connectivity index (χ4v) is 4.72. The number of benzene rings is 2. The van der Waals surface area contributed by atoms with E-state index in [4.69, 9.17) is 0 Å². The van der Waals surface area contributed by atoms with Gasteiger partial charge in [-0.3, -0.25) is 9.69 Å². The summed E-state index contributed by atoms with van der Waals surface area (Å²) in [6, 6.07) is 14.2. The molecule has 0 saturated heterocycles. The molecule has 0 spiro atoms. The summed E-state index contributed by atoms with van der Waals surface area (Å²) < 4.78 is 15.2. The molecule has 5 rings (SSSR count). The summed E-state index contributed by atoms with van der Waals surface area (Å²) in [5, 5.41) is 13.6. The van der Waals surface area contributed by atoms with Crippen LogP contribution in [0.25, 0.3) is 16.5 Å². The number of nitrogens with one attached hydrogen (secondary N) is 1. The lowest BCUT2D eigenvalue weighted by Gasteiger charge is -2.34. The Hall–Kier alpha value is -3.65. The maximum Gasteiger partial charge on any atom is 0.253 e. The Morgan fingerprint density at radius 1 is 1.09 bits per heavy atom. The molecule has 7 nitrogen and oxygen atoms in total. The van der Waals surface area contributed by atoms with Crippen LogP contribution in [0.4, 0.5) is 4.39 Å². The molecule has 0 amide bonds. The van der Waals surface area contributed by atoms with E-state index in [1.807, 2.05) is 64.1 Å². The van der Waals surface area contributed by atoms with Gasteiger partial charge in [0.15, 0.2) is 5.82 Å². The number of nitrogens with zero attached hydrogens (tertiary/aromatic N) is 5. The van der Waals surface area contributed by atoms with Crippen LogP contribution in [0.5, 0.6) is 0 Å². The van der Waals surface area contributed by atoms with Crippen LogP contribution < -0.4 is 5.56 Å². The van der Waals surface area contributed by atoms with Crippen molar-refractivity contribution in [1.29, 1.82) is 0 Å². The molecular formula is C27H29FN6O. The van der Waals surface area contributed by atoms with Gasteiger partial charge in [0.2, 0.25) is 0 Å². The van der Waals surface area contributed by atoms with Crippen molar-refractivity contribution in [3.8, 4) is 0 Å². The molecule has 0 bridgehead atoms. The van der Waals surface area contributed by atoms with Gasteiger partial charge < -0.3 is 4.98 Å². The number of hydrogen-bond donors (Lipinski definition) is 1. The lowest BCUT2D eigenvalue weighted by Crippen LogP contribution is -2.39. The summed E-state index contributed by atoms with van der Waals surface area (Å²) in [6.07, 6.45) is 2.91. The minimum atomic E-state index is -0.426. The first-order valence-electron chi connectivity index (χ1n) is 11.8. The normalized spacial score (nSPS) is 15.9. The second-order valence-corrected chi connectivity index (χ2v) is 10.1. The summed E-state index contributed by atoms with van der Waals surface area (Å²) in [5.74, 6) is 0.389. The topological polar surface area (TPSA) is 79.7 Å². The van der Waals surface area contributed by atoms with Gasteiger partial charge in [-0.2, -0.15) is 0 Å². The van der Waals surface area contributed by atoms with Crippen molar-refractivity contribution in [2.45, 2.75) is 45.7 Å². The third kappa shape index (κ3) is 4.53. The quantitative estimate of drug-likeness (QED) is 0.470. The van der Waals surface area contributed by atoms with Crippen LogP contribution in [-0.2, 0) is 5.54 Å². The molecule has 0 aliphatic carbocycles. The highest BCUT2D eigenvalue weighted by Gasteiger charge is 2.34. The Labute approximate surface area is 203 Å². The summed E-state index contributed by atoms with van der Waals surface area (Å²) in [7, 11) is 0. The molecule has 0 fully saturated rings. The molecule has 1 aliphatic heterocycles. The average Bonchev–Trinajstić information content (AvgIpc) is 3.31. The SMILES string of the molecule is Cc1ccc2cc(C(c3nnnn3C(C)(C)C)N3CC=C(c4ccc(F)cc4)CC3)c(=O)[nH]c2c1. The number of aromatic amines is 1. The molecule has 4 aromatic rings. The number of tetrazole rings is 1. The lowest BCUT2D eigenvalue weighted by molar-refractivity contribution is 0.219. The summed E-state index contributed by atoms with van der Waals surface area (Å²) in [5.41, 5.74) is 4.18. The van der Waals surface area contributed by atoms with E-state index in [1.54, 1.807) is 4.68 Å². The molecule has 3 heterocycles. The molecule has 1 aliphatic rings. The minimum absolute atomic E-state index is 0.148. The molecule has 180 valence electrons. The Balaban J connectivity index is 1.60. The number of halogens is 1. The van der Waals surface area contributed by atoms with Gasteiger partial charge in [0.05, 0.1) is 5.54 Å². The first kappa shape index (κ1) is 23.1. The van der Waals surface area contributed by atoms with E-state index in [0.717, 1.165) is 28.5 Å². The van der Waals surface area contributed by atoms with Crippen molar-refractivity contribution < 1.29 is 4.39 Å². The number of aryl methyl sites for hydroxylation is 1. The van der Waals surface area contributed by atoms with Gasteiger partial charge in [-0.1, -0.05) is 30.3 Å². The fourth-order valence-electron chi connectivity index (χ4n) is 4.72. The van der Waals surface area contributed by atoms with Gasteiger partial charge in [0, 0.05) is 24.2 Å². The second-order valence-electron chi connectivity index (χ2n) is 10.1. The van der Waals surface area contributed by atoms with E-state index in [9.17, 15) is 9.18 Å². The minimum Gasteiger partial charge on any atom is -0.322 e. The van der Waals surface area contributed by atoms with Crippen LogP contribution in [0.2, 0.25) is 0 Å². The maximum atomic E-state index is 13.4. The number of fused-ring (bicyclic) bond motifs is 1. The largest absolute Gasteiger partial charge is 0.322 e. The van der Waals surface area contributed by atoms with Crippen molar-refractivity contribution in [2.75, 3.05) is 13.1 Å². The van der Waals surface area contributed by atoms with E-state index in [1.165, 1.54) is 17.7 Å². The summed E-state index contributed by atoms with van der Waals surface area (Å²) >= 11 is 0. The Morgan fingerprint density at radius 3 is 2.54 bits per heavy atom. The molecule has 0 radical (unpaired) electrons. The van der Waals surface area contributed by atoms with Crippen LogP contribution in [0.3, 0.4) is 0 Å². The van der Waals surface area contributed by atoms with E-state index in [0.29, 0.717) is 24.5 Å². The summed E-state index contributed by atoms with van der Waals surface area (Å²) in [4.78, 5) is 18.7. The molecule has 2 aromatic carbocycles. The van der Waals surface area contributed by atoms with Gasteiger partial charge in [0.25, 0.3) is 5.56 Å². The predicted molar refractivity (Wildman–Crippen MR) is 135 cm³/mol. The monoisotopic (exact) mass is 472 g/mol. The van der Waals surface area contributed by atoms with Gasteiger partial charge in [-0.15, -0.1) is 5.10 Å². The number of aromatic nitrogens is 5. The molecule has 1 atom stereocenters. The fraction of sp³-hybridized carbons (Fsp3) is 0.333. The third-order valence-electron chi connectivity index (χ3n) is 6.52. The highest BCUT2D eigenvalue weighted by Crippen LogP contribution is 2.33. The maximum absolute atomic E-state index is 13.4. The second kappa shape index (κ2) is 8.85. The van der Waals surface area contributed by atoms with Crippen molar-refractivity contribution in [1.82, 2.24) is 30.1 Å². The number of rotatable bonds is 4. The van der Waals surface area contributed by atoms with Crippen LogP contribution in [-0.4, -0.2) is 43.2 Å². The lowest BCUT2D eigenvalue weighted by atomic mass is 9.96. The van der Waals surface area contributed by atoms with E-state index in [-0.39, 0.29) is 16.9 Å². The van der Waals surface area contributed by atoms with Crippen molar-refractivity contribution in [3.05, 3.63) is 93.3 Å². The average molecular weight is 473 g/mol. The molecule has 8 heteroatoms. The number of H-pyrrole nitrogens is 1. The zero-order valence-electron chi connectivity index (χ0n) is 20.4. The highest BCUT2D eigenvalue weighted by atomic mass is 19.1. The molecule has 35 heavy (non-hydrogen) atoms.